The second-order valence-electron chi connectivity index (χ2n) is 4.23. The van der Waals surface area contributed by atoms with Crippen LogP contribution in [0.2, 0.25) is 0 Å². The van der Waals surface area contributed by atoms with Gasteiger partial charge in [-0.05, 0) is 31.0 Å². The molecule has 0 aliphatic rings. The van der Waals surface area contributed by atoms with E-state index in [1.807, 2.05) is 26.0 Å². The second-order valence-corrected chi connectivity index (χ2v) is 5.86. The van der Waals surface area contributed by atoms with Crippen LogP contribution in [0.5, 0.6) is 0 Å². The van der Waals surface area contributed by atoms with Gasteiger partial charge in [-0.25, -0.2) is 4.98 Å². The third-order valence-corrected chi connectivity index (χ3v) is 4.06. The smallest absolute Gasteiger partial charge is 0.280 e. The Morgan fingerprint density at radius 3 is 2.61 bits per heavy atom. The number of sulfonamides is 1. The molecule has 2 aromatic rings. The van der Waals surface area contributed by atoms with Crippen molar-refractivity contribution in [1.29, 1.82) is 0 Å². The molecule has 0 saturated carbocycles. The Hall–Kier alpha value is -1.82. The fraction of sp³-hybridized carbons (Fsp3) is 0.250. The summed E-state index contributed by atoms with van der Waals surface area (Å²) in [5, 5.41) is 0.0194. The van der Waals surface area contributed by atoms with E-state index in [-0.39, 0.29) is 5.03 Å². The molecule has 0 fully saturated rings. The van der Waals surface area contributed by atoms with Gasteiger partial charge < -0.3 is 4.57 Å². The molecule has 96 valence electrons. The van der Waals surface area contributed by atoms with Crippen molar-refractivity contribution in [2.24, 2.45) is 7.05 Å². The summed E-state index contributed by atoms with van der Waals surface area (Å²) in [7, 11) is -1.89. The van der Waals surface area contributed by atoms with Gasteiger partial charge in [0.1, 0.15) is 0 Å². The van der Waals surface area contributed by atoms with Crippen LogP contribution in [0.3, 0.4) is 0 Å². The van der Waals surface area contributed by atoms with Gasteiger partial charge in [0.05, 0.1) is 12.0 Å². The maximum Gasteiger partial charge on any atom is 0.280 e. The summed E-state index contributed by atoms with van der Waals surface area (Å²) in [6, 6.07) is 5.50. The van der Waals surface area contributed by atoms with Crippen LogP contribution >= 0.6 is 0 Å². The van der Waals surface area contributed by atoms with Gasteiger partial charge in [0.2, 0.25) is 0 Å². The topological polar surface area (TPSA) is 64.0 Å². The van der Waals surface area contributed by atoms with Gasteiger partial charge in [0.25, 0.3) is 10.0 Å². The molecular weight excluding hydrogens is 250 g/mol. The predicted octanol–water partition coefficient (Wildman–Crippen LogP) is 1.84. The normalized spacial score (nSPS) is 11.5. The molecule has 0 unspecified atom stereocenters. The van der Waals surface area contributed by atoms with Crippen LogP contribution < -0.4 is 4.72 Å². The first kappa shape index (κ1) is 12.6. The van der Waals surface area contributed by atoms with Crippen LogP contribution in [0.15, 0.2) is 35.7 Å². The minimum atomic E-state index is -3.61. The molecule has 0 atom stereocenters. The van der Waals surface area contributed by atoms with Gasteiger partial charge in [-0.2, -0.15) is 8.42 Å². The number of aromatic nitrogens is 2. The third kappa shape index (κ3) is 2.38. The molecule has 1 heterocycles. The van der Waals surface area contributed by atoms with Crippen LogP contribution in [0.25, 0.3) is 0 Å². The molecule has 6 heteroatoms. The van der Waals surface area contributed by atoms with Crippen molar-refractivity contribution in [2.75, 3.05) is 4.72 Å². The average Bonchev–Trinajstić information content (AvgIpc) is 2.72. The van der Waals surface area contributed by atoms with Gasteiger partial charge in [0, 0.05) is 13.2 Å². The number of aryl methyl sites for hydroxylation is 2. The maximum atomic E-state index is 12.1. The largest absolute Gasteiger partial charge is 0.339 e. The predicted molar refractivity (Wildman–Crippen MR) is 69.9 cm³/mol. The highest BCUT2D eigenvalue weighted by atomic mass is 32.2. The highest BCUT2D eigenvalue weighted by molar-refractivity contribution is 7.92. The molecule has 5 nitrogen and oxygen atoms in total. The Kier molecular flexibility index (Phi) is 3.13. The number of benzene rings is 1. The van der Waals surface area contributed by atoms with E-state index in [0.717, 1.165) is 11.1 Å². The number of imidazole rings is 1. The molecule has 0 spiro atoms. The molecule has 2 rings (SSSR count). The lowest BCUT2D eigenvalue weighted by atomic mass is 10.1. The summed E-state index contributed by atoms with van der Waals surface area (Å²) in [5.74, 6) is 0. The molecular formula is C12H15N3O2S. The Labute approximate surface area is 107 Å². The number of rotatable bonds is 3. The van der Waals surface area contributed by atoms with Crippen LogP contribution in [0.1, 0.15) is 11.1 Å². The van der Waals surface area contributed by atoms with E-state index in [2.05, 4.69) is 9.71 Å². The number of nitrogens with one attached hydrogen (secondary N) is 1. The summed E-state index contributed by atoms with van der Waals surface area (Å²) < 4.78 is 28.3. The Morgan fingerprint density at radius 2 is 2.00 bits per heavy atom. The average molecular weight is 265 g/mol. The zero-order chi connectivity index (χ0) is 13.3. The summed E-state index contributed by atoms with van der Waals surface area (Å²) in [6.45, 7) is 3.82. The van der Waals surface area contributed by atoms with Gasteiger partial charge in [0.15, 0.2) is 5.03 Å². The Morgan fingerprint density at radius 1 is 1.28 bits per heavy atom. The van der Waals surface area contributed by atoms with E-state index in [0.29, 0.717) is 5.69 Å². The van der Waals surface area contributed by atoms with Crippen molar-refractivity contribution >= 4 is 15.7 Å². The highest BCUT2D eigenvalue weighted by Gasteiger charge is 2.18. The van der Waals surface area contributed by atoms with E-state index >= 15 is 0 Å². The third-order valence-electron chi connectivity index (χ3n) is 2.81. The van der Waals surface area contributed by atoms with Gasteiger partial charge >= 0.3 is 0 Å². The molecule has 0 saturated heterocycles. The van der Waals surface area contributed by atoms with Crippen LogP contribution in [-0.2, 0) is 17.1 Å². The number of anilines is 1. The second kappa shape index (κ2) is 4.45. The molecule has 0 amide bonds. The maximum absolute atomic E-state index is 12.1. The van der Waals surface area contributed by atoms with E-state index in [1.54, 1.807) is 17.7 Å². The minimum Gasteiger partial charge on any atom is -0.339 e. The molecule has 0 aliphatic heterocycles. The monoisotopic (exact) mass is 265 g/mol. The molecule has 0 aliphatic carbocycles. The minimum absolute atomic E-state index is 0.0194. The highest BCUT2D eigenvalue weighted by Crippen LogP contribution is 2.21. The van der Waals surface area contributed by atoms with Crippen LogP contribution in [-0.4, -0.2) is 18.0 Å². The van der Waals surface area contributed by atoms with E-state index in [1.165, 1.54) is 12.5 Å². The van der Waals surface area contributed by atoms with Crippen molar-refractivity contribution in [3.05, 3.63) is 41.9 Å². The van der Waals surface area contributed by atoms with Crippen molar-refractivity contribution in [1.82, 2.24) is 9.55 Å². The first-order valence-corrected chi connectivity index (χ1v) is 6.95. The zero-order valence-corrected chi connectivity index (χ0v) is 11.3. The summed E-state index contributed by atoms with van der Waals surface area (Å²) in [5.41, 5.74) is 2.54. The first-order chi connectivity index (χ1) is 8.40. The van der Waals surface area contributed by atoms with Gasteiger partial charge in [-0.1, -0.05) is 12.1 Å². The Bertz CT molecular complexity index is 674. The van der Waals surface area contributed by atoms with Crippen molar-refractivity contribution < 1.29 is 8.42 Å². The number of nitrogens with zero attached hydrogens (tertiary/aromatic N) is 2. The molecule has 1 N–H and O–H groups in total. The first-order valence-electron chi connectivity index (χ1n) is 5.47. The van der Waals surface area contributed by atoms with E-state index in [4.69, 9.17) is 0 Å². The fourth-order valence-corrected chi connectivity index (χ4v) is 2.69. The van der Waals surface area contributed by atoms with E-state index in [9.17, 15) is 8.42 Å². The summed E-state index contributed by atoms with van der Waals surface area (Å²) in [4.78, 5) is 3.85. The lowest BCUT2D eigenvalue weighted by molar-refractivity contribution is 0.598. The SMILES string of the molecule is Cc1cccc(NS(=O)(=O)c2cn(C)cn2)c1C. The lowest BCUT2D eigenvalue weighted by Crippen LogP contribution is -2.14. The molecule has 0 bridgehead atoms. The standard InChI is InChI=1S/C12H15N3O2S/c1-9-5-4-6-11(10(9)2)14-18(16,17)12-7-15(3)8-13-12/h4-8,14H,1-3H3. The van der Waals surface area contributed by atoms with Gasteiger partial charge in [-0.15, -0.1) is 0 Å². The van der Waals surface area contributed by atoms with Gasteiger partial charge in [-0.3, -0.25) is 4.72 Å². The summed E-state index contributed by atoms with van der Waals surface area (Å²) in [6.07, 6.45) is 2.92. The van der Waals surface area contributed by atoms with Crippen molar-refractivity contribution in [2.45, 2.75) is 18.9 Å². The molecule has 1 aromatic heterocycles. The summed E-state index contributed by atoms with van der Waals surface area (Å²) >= 11 is 0. The zero-order valence-electron chi connectivity index (χ0n) is 10.5. The number of hydrogen-bond acceptors (Lipinski definition) is 3. The molecule has 1 aromatic carbocycles. The fourth-order valence-electron chi connectivity index (χ4n) is 1.59. The van der Waals surface area contributed by atoms with Crippen LogP contribution in [0, 0.1) is 13.8 Å². The van der Waals surface area contributed by atoms with Crippen molar-refractivity contribution in [3.8, 4) is 0 Å². The number of hydrogen-bond donors (Lipinski definition) is 1. The lowest BCUT2D eigenvalue weighted by Gasteiger charge is -2.10. The Balaban J connectivity index is 2.37. The van der Waals surface area contributed by atoms with Crippen LogP contribution in [0.4, 0.5) is 5.69 Å². The van der Waals surface area contributed by atoms with E-state index < -0.39 is 10.0 Å². The molecule has 18 heavy (non-hydrogen) atoms. The molecule has 0 radical (unpaired) electrons. The quantitative estimate of drug-likeness (QED) is 0.921. The van der Waals surface area contributed by atoms with Crippen molar-refractivity contribution in [3.63, 3.8) is 0 Å².